The van der Waals surface area contributed by atoms with E-state index < -0.39 is 5.54 Å². The largest absolute Gasteiger partial charge is 0.355 e. The number of rotatable bonds is 18. The van der Waals surface area contributed by atoms with Crippen molar-refractivity contribution in [2.24, 2.45) is 22.6 Å². The minimum absolute atomic E-state index is 0.0444. The first-order valence-corrected chi connectivity index (χ1v) is 13.9. The maximum absolute atomic E-state index is 13.3. The number of hydrogen-bond acceptors (Lipinski definition) is 6. The summed E-state index contributed by atoms with van der Waals surface area (Å²) in [6.45, 7) is 16.1. The summed E-state index contributed by atoms with van der Waals surface area (Å²) < 4.78 is 0. The Kier molecular flexibility index (Phi) is 13.8. The summed E-state index contributed by atoms with van der Waals surface area (Å²) in [5, 5.41) is 6.21. The molecule has 0 aliphatic carbocycles. The van der Waals surface area contributed by atoms with Crippen molar-refractivity contribution in [2.45, 2.75) is 104 Å². The fraction of sp³-hybridized carbons (Fsp3) is 0.724. The van der Waals surface area contributed by atoms with Gasteiger partial charge in [0.2, 0.25) is 11.8 Å². The molecule has 37 heavy (non-hydrogen) atoms. The van der Waals surface area contributed by atoms with Gasteiger partial charge >= 0.3 is 0 Å². The minimum Gasteiger partial charge on any atom is -0.355 e. The number of amides is 2. The highest BCUT2D eigenvalue weighted by atomic mass is 16.2. The van der Waals surface area contributed by atoms with E-state index in [2.05, 4.69) is 76.4 Å². The van der Waals surface area contributed by atoms with Gasteiger partial charge in [-0.3, -0.25) is 9.59 Å². The van der Waals surface area contributed by atoms with E-state index in [0.29, 0.717) is 26.2 Å². The zero-order valence-corrected chi connectivity index (χ0v) is 24.3. The van der Waals surface area contributed by atoms with Gasteiger partial charge in [-0.05, 0) is 50.3 Å². The number of nitrogens with two attached hydrogens (primary N) is 3. The van der Waals surface area contributed by atoms with E-state index in [-0.39, 0.29) is 35.6 Å². The number of carbonyl (C=O) groups is 2. The first-order valence-electron chi connectivity index (χ1n) is 13.9. The first kappa shape index (κ1) is 33.0. The zero-order chi connectivity index (χ0) is 28.1. The molecular weight excluding hydrogens is 464 g/mol. The molecule has 0 aliphatic rings. The lowest BCUT2D eigenvalue weighted by molar-refractivity contribution is -0.136. The van der Waals surface area contributed by atoms with Crippen molar-refractivity contribution in [1.29, 1.82) is 0 Å². The Morgan fingerprint density at radius 3 is 2.03 bits per heavy atom. The first-order chi connectivity index (χ1) is 17.3. The quantitative estimate of drug-likeness (QED) is 0.189. The Balaban J connectivity index is 2.90. The van der Waals surface area contributed by atoms with Crippen molar-refractivity contribution in [1.82, 2.24) is 15.5 Å². The second-order valence-corrected chi connectivity index (χ2v) is 11.4. The maximum atomic E-state index is 13.3. The number of nitrogens with zero attached hydrogens (tertiary/aromatic N) is 1. The number of benzene rings is 1. The number of carbonyl (C=O) groups excluding carboxylic acids is 2. The molecule has 8 heteroatoms. The van der Waals surface area contributed by atoms with Crippen LogP contribution in [0.3, 0.4) is 0 Å². The molecular formula is C29H54N6O2. The molecule has 0 fully saturated rings. The average molecular weight is 519 g/mol. The normalized spacial score (nSPS) is 13.8. The molecule has 0 aliphatic heterocycles. The maximum Gasteiger partial charge on any atom is 0.223 e. The molecule has 8 nitrogen and oxygen atoms in total. The van der Waals surface area contributed by atoms with Crippen LogP contribution < -0.4 is 27.8 Å². The van der Waals surface area contributed by atoms with Crippen molar-refractivity contribution in [3.05, 3.63) is 35.4 Å². The van der Waals surface area contributed by atoms with Gasteiger partial charge in [-0.25, -0.2) is 0 Å². The van der Waals surface area contributed by atoms with Gasteiger partial charge in [0.1, 0.15) is 0 Å². The second kappa shape index (κ2) is 15.4. The van der Waals surface area contributed by atoms with Gasteiger partial charge < -0.3 is 32.7 Å². The molecule has 1 aromatic carbocycles. The highest BCUT2D eigenvalue weighted by molar-refractivity contribution is 5.83. The molecule has 0 saturated heterocycles. The molecule has 0 spiro atoms. The van der Waals surface area contributed by atoms with Gasteiger partial charge in [0.05, 0.1) is 0 Å². The van der Waals surface area contributed by atoms with E-state index in [1.165, 1.54) is 5.56 Å². The van der Waals surface area contributed by atoms with Gasteiger partial charge in [-0.2, -0.15) is 0 Å². The molecule has 0 heterocycles. The van der Waals surface area contributed by atoms with E-state index >= 15 is 0 Å². The Morgan fingerprint density at radius 1 is 0.892 bits per heavy atom. The second-order valence-electron chi connectivity index (χ2n) is 11.4. The summed E-state index contributed by atoms with van der Waals surface area (Å²) in [4.78, 5) is 27.3. The summed E-state index contributed by atoms with van der Waals surface area (Å²) >= 11 is 0. The lowest BCUT2D eigenvalue weighted by atomic mass is 9.69. The molecule has 0 bridgehead atoms. The van der Waals surface area contributed by atoms with Crippen LogP contribution in [0.2, 0.25) is 0 Å². The fourth-order valence-corrected chi connectivity index (χ4v) is 4.52. The van der Waals surface area contributed by atoms with Crippen LogP contribution in [0.1, 0.15) is 91.2 Å². The van der Waals surface area contributed by atoms with Crippen molar-refractivity contribution in [3.8, 4) is 0 Å². The van der Waals surface area contributed by atoms with Crippen molar-refractivity contribution in [3.63, 3.8) is 0 Å². The van der Waals surface area contributed by atoms with Gasteiger partial charge in [0.15, 0.2) is 0 Å². The number of hydrogen-bond donors (Lipinski definition) is 5. The summed E-state index contributed by atoms with van der Waals surface area (Å²) in [6.07, 6.45) is 3.83. The van der Waals surface area contributed by atoms with Gasteiger partial charge in [-0.15, -0.1) is 0 Å². The van der Waals surface area contributed by atoms with E-state index in [1.807, 2.05) is 4.90 Å². The number of nitrogens with one attached hydrogen (secondary N) is 2. The smallest absolute Gasteiger partial charge is 0.223 e. The molecule has 1 atom stereocenters. The monoisotopic (exact) mass is 518 g/mol. The molecule has 1 rings (SSSR count). The third-order valence-electron chi connectivity index (χ3n) is 7.99. The highest BCUT2D eigenvalue weighted by Crippen LogP contribution is 2.35. The fourth-order valence-electron chi connectivity index (χ4n) is 4.52. The molecule has 212 valence electrons. The molecule has 1 unspecified atom stereocenters. The summed E-state index contributed by atoms with van der Waals surface area (Å²) in [7, 11) is 0. The SMILES string of the molecule is CCC(C)(N)CCNCc1ccc(CN(CC(C)(C)C(N)(CC)CC)C(=O)CCC(=O)NCCN)cc1. The zero-order valence-electron chi connectivity index (χ0n) is 24.3. The van der Waals surface area contributed by atoms with E-state index in [9.17, 15) is 9.59 Å². The van der Waals surface area contributed by atoms with E-state index in [4.69, 9.17) is 17.2 Å². The molecule has 2 amide bonds. The van der Waals surface area contributed by atoms with Crippen LogP contribution in [-0.4, -0.2) is 54.0 Å². The third-order valence-corrected chi connectivity index (χ3v) is 7.99. The van der Waals surface area contributed by atoms with Crippen LogP contribution in [0.5, 0.6) is 0 Å². The Bertz CT molecular complexity index is 818. The third kappa shape index (κ3) is 11.1. The van der Waals surface area contributed by atoms with Crippen molar-refractivity contribution in [2.75, 3.05) is 26.2 Å². The van der Waals surface area contributed by atoms with Crippen LogP contribution in [0.25, 0.3) is 0 Å². The lowest BCUT2D eigenvalue weighted by Gasteiger charge is -2.46. The Hall–Kier alpha value is -2.00. The van der Waals surface area contributed by atoms with Crippen molar-refractivity contribution < 1.29 is 9.59 Å². The minimum atomic E-state index is -0.392. The highest BCUT2D eigenvalue weighted by Gasteiger charge is 2.40. The van der Waals surface area contributed by atoms with Gasteiger partial charge in [0, 0.05) is 62.1 Å². The molecule has 0 radical (unpaired) electrons. The average Bonchev–Trinajstić information content (AvgIpc) is 2.88. The van der Waals surface area contributed by atoms with Gasteiger partial charge in [-0.1, -0.05) is 58.9 Å². The van der Waals surface area contributed by atoms with Crippen molar-refractivity contribution >= 4 is 11.8 Å². The molecule has 0 saturated carbocycles. The van der Waals surface area contributed by atoms with Gasteiger partial charge in [0.25, 0.3) is 0 Å². The summed E-state index contributed by atoms with van der Waals surface area (Å²) in [5.41, 5.74) is 19.9. The van der Waals surface area contributed by atoms with Crippen LogP contribution in [0.4, 0.5) is 0 Å². The Labute approximate surface area is 225 Å². The standard InChI is InChI=1S/C29H54N6O2/c1-7-28(6,31)16-18-33-20-23-10-12-24(13-11-23)21-35(22-27(4,5)29(32,8-2)9-3)26(37)15-14-25(36)34-19-17-30/h10-13,33H,7-9,14-22,30-32H2,1-6H3,(H,34,36). The molecule has 1 aromatic rings. The predicted octanol–water partition coefficient (Wildman–Crippen LogP) is 3.02. The predicted molar refractivity (Wildman–Crippen MR) is 154 cm³/mol. The molecule has 0 aromatic heterocycles. The topological polar surface area (TPSA) is 140 Å². The lowest BCUT2D eigenvalue weighted by Crippen LogP contribution is -2.57. The van der Waals surface area contributed by atoms with Crippen LogP contribution >= 0.6 is 0 Å². The Morgan fingerprint density at radius 2 is 1.49 bits per heavy atom. The molecule has 8 N–H and O–H groups in total. The summed E-state index contributed by atoms with van der Waals surface area (Å²) in [6, 6.07) is 8.35. The summed E-state index contributed by atoms with van der Waals surface area (Å²) in [5.74, 6) is -0.198. The van der Waals surface area contributed by atoms with E-state index in [1.54, 1.807) is 0 Å². The van der Waals surface area contributed by atoms with Crippen LogP contribution in [0, 0.1) is 5.41 Å². The van der Waals surface area contributed by atoms with Crippen LogP contribution in [-0.2, 0) is 22.7 Å². The van der Waals surface area contributed by atoms with Crippen LogP contribution in [0.15, 0.2) is 24.3 Å². The van der Waals surface area contributed by atoms with E-state index in [0.717, 1.165) is 44.3 Å².